The highest BCUT2D eigenvalue weighted by molar-refractivity contribution is 5.97. The van der Waals surface area contributed by atoms with Crippen molar-refractivity contribution in [3.05, 3.63) is 23.8 Å². The zero-order chi connectivity index (χ0) is 15.6. The van der Waals surface area contributed by atoms with E-state index in [4.69, 9.17) is 14.2 Å². The number of hydrogen-bond donors (Lipinski definition) is 1. The molecule has 1 aliphatic heterocycles. The van der Waals surface area contributed by atoms with Gasteiger partial charge in [0, 0.05) is 5.56 Å². The highest BCUT2D eigenvalue weighted by Gasteiger charge is 2.24. The Labute approximate surface area is 123 Å². The van der Waals surface area contributed by atoms with E-state index in [-0.39, 0.29) is 12.7 Å². The van der Waals surface area contributed by atoms with Crippen LogP contribution in [-0.4, -0.2) is 30.3 Å². The number of amides is 1. The third kappa shape index (κ3) is 3.87. The van der Waals surface area contributed by atoms with Crippen LogP contribution in [0.1, 0.15) is 38.1 Å². The molecule has 0 aromatic heterocycles. The van der Waals surface area contributed by atoms with Crippen LogP contribution in [0.4, 0.5) is 0 Å². The van der Waals surface area contributed by atoms with Crippen molar-refractivity contribution in [2.75, 3.05) is 6.79 Å². The van der Waals surface area contributed by atoms with Crippen LogP contribution in [0.25, 0.3) is 0 Å². The predicted octanol–water partition coefficient (Wildman–Crippen LogP) is 1.88. The summed E-state index contributed by atoms with van der Waals surface area (Å²) in [5, 5.41) is 2.60. The molecule has 0 spiro atoms. The van der Waals surface area contributed by atoms with Gasteiger partial charge in [-0.2, -0.15) is 0 Å². The van der Waals surface area contributed by atoms with Crippen LogP contribution >= 0.6 is 0 Å². The fraction of sp³-hybridized carbons (Fsp3) is 0.467. The maximum atomic E-state index is 12.1. The first-order valence-electron chi connectivity index (χ1n) is 6.69. The SMILES string of the molecule is C[C@H](NC(=O)c1ccc2c(c1)OCO2)C(=O)OC(C)(C)C. The van der Waals surface area contributed by atoms with Gasteiger partial charge in [-0.3, -0.25) is 4.79 Å². The van der Waals surface area contributed by atoms with E-state index in [1.807, 2.05) is 0 Å². The average Bonchev–Trinajstić information content (AvgIpc) is 2.83. The van der Waals surface area contributed by atoms with Gasteiger partial charge in [0.25, 0.3) is 5.91 Å². The van der Waals surface area contributed by atoms with Crippen LogP contribution in [0.15, 0.2) is 18.2 Å². The van der Waals surface area contributed by atoms with E-state index in [1.54, 1.807) is 45.9 Å². The number of benzene rings is 1. The maximum Gasteiger partial charge on any atom is 0.328 e. The number of rotatable bonds is 3. The highest BCUT2D eigenvalue weighted by atomic mass is 16.7. The fourth-order valence-electron chi connectivity index (χ4n) is 1.77. The van der Waals surface area contributed by atoms with Gasteiger partial charge in [0.1, 0.15) is 11.6 Å². The molecule has 0 saturated heterocycles. The quantitative estimate of drug-likeness (QED) is 0.861. The summed E-state index contributed by atoms with van der Waals surface area (Å²) in [6.07, 6.45) is 0. The van der Waals surface area contributed by atoms with E-state index in [0.29, 0.717) is 17.1 Å². The van der Waals surface area contributed by atoms with Crippen LogP contribution in [0, 0.1) is 0 Å². The molecule has 0 saturated carbocycles. The standard InChI is InChI=1S/C15H19NO5/c1-9(14(18)21-15(2,3)4)16-13(17)10-5-6-11-12(7-10)20-8-19-11/h5-7,9H,8H2,1-4H3,(H,16,17)/t9-/m0/s1. The number of nitrogens with one attached hydrogen (secondary N) is 1. The molecular formula is C15H19NO5. The Balaban J connectivity index is 1.99. The minimum absolute atomic E-state index is 0.148. The molecule has 0 fully saturated rings. The van der Waals surface area contributed by atoms with Crippen LogP contribution in [0.2, 0.25) is 0 Å². The molecule has 0 aliphatic carbocycles. The second-order valence-electron chi connectivity index (χ2n) is 5.80. The first-order chi connectivity index (χ1) is 9.76. The summed E-state index contributed by atoms with van der Waals surface area (Å²) >= 11 is 0. The average molecular weight is 293 g/mol. The highest BCUT2D eigenvalue weighted by Crippen LogP contribution is 2.32. The smallest absolute Gasteiger partial charge is 0.328 e. The van der Waals surface area contributed by atoms with Crippen molar-refractivity contribution in [1.29, 1.82) is 0 Å². The van der Waals surface area contributed by atoms with Crippen LogP contribution in [0.3, 0.4) is 0 Å². The van der Waals surface area contributed by atoms with Crippen LogP contribution in [-0.2, 0) is 9.53 Å². The molecule has 1 amide bonds. The van der Waals surface area contributed by atoms with Crippen LogP contribution in [0.5, 0.6) is 11.5 Å². The summed E-state index contributed by atoms with van der Waals surface area (Å²) in [7, 11) is 0. The number of esters is 1. The molecule has 0 radical (unpaired) electrons. The molecule has 1 aliphatic rings. The molecule has 1 aromatic rings. The molecule has 1 heterocycles. The van der Waals surface area contributed by atoms with Crippen molar-refractivity contribution in [1.82, 2.24) is 5.32 Å². The molecule has 1 N–H and O–H groups in total. The molecule has 6 nitrogen and oxygen atoms in total. The van der Waals surface area contributed by atoms with Gasteiger partial charge in [-0.25, -0.2) is 4.79 Å². The van der Waals surface area contributed by atoms with Crippen molar-refractivity contribution < 1.29 is 23.8 Å². The minimum atomic E-state index is -0.734. The van der Waals surface area contributed by atoms with Gasteiger partial charge in [0.05, 0.1) is 0 Å². The molecule has 2 rings (SSSR count). The first kappa shape index (κ1) is 15.2. The molecule has 21 heavy (non-hydrogen) atoms. The molecule has 0 unspecified atom stereocenters. The van der Waals surface area contributed by atoms with E-state index >= 15 is 0 Å². The Kier molecular flexibility index (Phi) is 4.06. The van der Waals surface area contributed by atoms with Gasteiger partial charge >= 0.3 is 5.97 Å². The topological polar surface area (TPSA) is 73.9 Å². The van der Waals surface area contributed by atoms with E-state index in [1.165, 1.54) is 0 Å². The van der Waals surface area contributed by atoms with Gasteiger partial charge in [0.15, 0.2) is 11.5 Å². The summed E-state index contributed by atoms with van der Waals surface area (Å²) in [4.78, 5) is 23.9. The van der Waals surface area contributed by atoms with Gasteiger partial charge in [-0.05, 0) is 45.9 Å². The summed E-state index contributed by atoms with van der Waals surface area (Å²) < 4.78 is 15.6. The van der Waals surface area contributed by atoms with E-state index in [2.05, 4.69) is 5.32 Å². The Morgan fingerprint density at radius 3 is 2.57 bits per heavy atom. The normalized spacial score (nSPS) is 14.5. The summed E-state index contributed by atoms with van der Waals surface area (Å²) in [5.41, 5.74) is -0.191. The van der Waals surface area contributed by atoms with Gasteiger partial charge < -0.3 is 19.5 Å². The van der Waals surface area contributed by atoms with Crippen molar-refractivity contribution in [3.63, 3.8) is 0 Å². The fourth-order valence-corrected chi connectivity index (χ4v) is 1.77. The number of carbonyl (C=O) groups excluding carboxylic acids is 2. The Bertz CT molecular complexity index is 562. The van der Waals surface area contributed by atoms with Gasteiger partial charge in [0.2, 0.25) is 6.79 Å². The molecule has 1 aromatic carbocycles. The number of hydrogen-bond acceptors (Lipinski definition) is 5. The summed E-state index contributed by atoms with van der Waals surface area (Å²) in [5.74, 6) is 0.280. The molecular weight excluding hydrogens is 274 g/mol. The lowest BCUT2D eigenvalue weighted by Crippen LogP contribution is -2.42. The Morgan fingerprint density at radius 1 is 1.24 bits per heavy atom. The third-order valence-electron chi connectivity index (χ3n) is 2.74. The lowest BCUT2D eigenvalue weighted by Gasteiger charge is -2.22. The second-order valence-corrected chi connectivity index (χ2v) is 5.80. The third-order valence-corrected chi connectivity index (χ3v) is 2.74. The van der Waals surface area contributed by atoms with E-state index < -0.39 is 17.6 Å². The first-order valence-corrected chi connectivity index (χ1v) is 6.69. The molecule has 1 atom stereocenters. The number of fused-ring (bicyclic) bond motifs is 1. The molecule has 0 bridgehead atoms. The van der Waals surface area contributed by atoms with Gasteiger partial charge in [-0.15, -0.1) is 0 Å². The van der Waals surface area contributed by atoms with Crippen molar-refractivity contribution in [2.45, 2.75) is 39.3 Å². The van der Waals surface area contributed by atoms with Crippen molar-refractivity contribution in [2.24, 2.45) is 0 Å². The predicted molar refractivity (Wildman–Crippen MR) is 75.3 cm³/mol. The zero-order valence-corrected chi connectivity index (χ0v) is 12.6. The Hall–Kier alpha value is -2.24. The van der Waals surface area contributed by atoms with Crippen molar-refractivity contribution in [3.8, 4) is 11.5 Å². The summed E-state index contributed by atoms with van der Waals surface area (Å²) in [6.45, 7) is 7.06. The zero-order valence-electron chi connectivity index (χ0n) is 12.6. The van der Waals surface area contributed by atoms with Crippen LogP contribution < -0.4 is 14.8 Å². The Morgan fingerprint density at radius 2 is 1.90 bits per heavy atom. The maximum absolute atomic E-state index is 12.1. The van der Waals surface area contributed by atoms with E-state index in [9.17, 15) is 9.59 Å². The summed E-state index contributed by atoms with van der Waals surface area (Å²) in [6, 6.07) is 4.13. The molecule has 6 heteroatoms. The lowest BCUT2D eigenvalue weighted by atomic mass is 10.1. The molecule has 114 valence electrons. The second kappa shape index (κ2) is 5.63. The lowest BCUT2D eigenvalue weighted by molar-refractivity contribution is -0.156. The minimum Gasteiger partial charge on any atom is -0.458 e. The van der Waals surface area contributed by atoms with E-state index in [0.717, 1.165) is 0 Å². The van der Waals surface area contributed by atoms with Crippen molar-refractivity contribution >= 4 is 11.9 Å². The number of ether oxygens (including phenoxy) is 3. The largest absolute Gasteiger partial charge is 0.458 e. The van der Waals surface area contributed by atoms with Gasteiger partial charge in [-0.1, -0.05) is 0 Å². The monoisotopic (exact) mass is 293 g/mol. The number of carbonyl (C=O) groups is 2.